The molecule has 2 bridgehead atoms. The van der Waals surface area contributed by atoms with E-state index in [1.54, 1.807) is 0 Å². The maximum absolute atomic E-state index is 3.81. The summed E-state index contributed by atoms with van der Waals surface area (Å²) >= 11 is 3.81. The molecule has 0 N–H and O–H groups in total. The maximum atomic E-state index is 3.81. The molecular formula is C13H23Br. The van der Waals surface area contributed by atoms with Gasteiger partial charge in [0.1, 0.15) is 0 Å². The van der Waals surface area contributed by atoms with Gasteiger partial charge >= 0.3 is 0 Å². The molecule has 14 heavy (non-hydrogen) atoms. The molecule has 0 aliphatic heterocycles. The van der Waals surface area contributed by atoms with Gasteiger partial charge in [0.15, 0.2) is 0 Å². The Hall–Kier alpha value is 0.480. The SMILES string of the molecule is CC(C)(C)C1CC2CC(Br)CC(C2)C1. The van der Waals surface area contributed by atoms with Crippen LogP contribution in [0.15, 0.2) is 0 Å². The highest BCUT2D eigenvalue weighted by Crippen LogP contribution is 2.49. The molecule has 2 atom stereocenters. The van der Waals surface area contributed by atoms with Gasteiger partial charge in [-0.15, -0.1) is 0 Å². The summed E-state index contributed by atoms with van der Waals surface area (Å²) < 4.78 is 0. The Kier molecular flexibility index (Phi) is 2.99. The highest BCUT2D eigenvalue weighted by Gasteiger charge is 2.39. The van der Waals surface area contributed by atoms with Crippen LogP contribution >= 0.6 is 15.9 Å². The van der Waals surface area contributed by atoms with Crippen molar-refractivity contribution in [2.24, 2.45) is 23.2 Å². The van der Waals surface area contributed by atoms with Crippen molar-refractivity contribution in [3.63, 3.8) is 0 Å². The van der Waals surface area contributed by atoms with E-state index >= 15 is 0 Å². The molecular weight excluding hydrogens is 236 g/mol. The van der Waals surface area contributed by atoms with Gasteiger partial charge in [-0.05, 0) is 55.3 Å². The Labute approximate surface area is 97.0 Å². The lowest BCUT2D eigenvalue weighted by molar-refractivity contribution is 0.0732. The second-order valence-electron chi connectivity index (χ2n) is 6.57. The van der Waals surface area contributed by atoms with Crippen LogP contribution in [0.4, 0.5) is 0 Å². The van der Waals surface area contributed by atoms with Crippen molar-refractivity contribution in [1.82, 2.24) is 0 Å². The van der Waals surface area contributed by atoms with Crippen LogP contribution in [0, 0.1) is 23.2 Å². The molecule has 1 heteroatoms. The number of hydrogen-bond donors (Lipinski definition) is 0. The zero-order chi connectivity index (χ0) is 10.3. The summed E-state index contributed by atoms with van der Waals surface area (Å²) in [6.45, 7) is 7.26. The number of rotatable bonds is 0. The summed E-state index contributed by atoms with van der Waals surface area (Å²) in [4.78, 5) is 0.826. The van der Waals surface area contributed by atoms with Gasteiger partial charge in [0.25, 0.3) is 0 Å². The zero-order valence-corrected chi connectivity index (χ0v) is 11.3. The fourth-order valence-electron chi connectivity index (χ4n) is 3.48. The molecule has 0 spiro atoms. The molecule has 2 rings (SSSR count). The monoisotopic (exact) mass is 258 g/mol. The van der Waals surface area contributed by atoms with Crippen LogP contribution in [0.1, 0.15) is 52.9 Å². The van der Waals surface area contributed by atoms with E-state index in [9.17, 15) is 0 Å². The smallest absolute Gasteiger partial charge is 0.0151 e. The van der Waals surface area contributed by atoms with Crippen molar-refractivity contribution in [2.75, 3.05) is 0 Å². The highest BCUT2D eigenvalue weighted by molar-refractivity contribution is 9.09. The minimum atomic E-state index is 0.538. The third-order valence-electron chi connectivity index (χ3n) is 4.31. The molecule has 0 amide bonds. The van der Waals surface area contributed by atoms with Crippen LogP contribution in [0.3, 0.4) is 0 Å². The summed E-state index contributed by atoms with van der Waals surface area (Å²) in [6, 6.07) is 0. The lowest BCUT2D eigenvalue weighted by atomic mass is 9.62. The first-order valence-corrected chi connectivity index (χ1v) is 7.01. The third kappa shape index (κ3) is 2.35. The second kappa shape index (κ2) is 3.81. The number of hydrogen-bond acceptors (Lipinski definition) is 0. The van der Waals surface area contributed by atoms with Gasteiger partial charge in [-0.25, -0.2) is 0 Å². The van der Waals surface area contributed by atoms with Crippen molar-refractivity contribution in [3.8, 4) is 0 Å². The van der Waals surface area contributed by atoms with Gasteiger partial charge in [-0.1, -0.05) is 36.7 Å². The Morgan fingerprint density at radius 3 is 1.79 bits per heavy atom. The van der Waals surface area contributed by atoms with E-state index in [-0.39, 0.29) is 0 Å². The predicted molar refractivity (Wildman–Crippen MR) is 65.7 cm³/mol. The molecule has 2 unspecified atom stereocenters. The Morgan fingerprint density at radius 1 is 0.857 bits per heavy atom. The number of fused-ring (bicyclic) bond motifs is 2. The molecule has 0 nitrogen and oxygen atoms in total. The first-order valence-electron chi connectivity index (χ1n) is 6.09. The Bertz CT molecular complexity index is 186. The summed E-state index contributed by atoms with van der Waals surface area (Å²) in [5.41, 5.74) is 0.538. The summed E-state index contributed by atoms with van der Waals surface area (Å²) in [7, 11) is 0. The Morgan fingerprint density at radius 2 is 1.36 bits per heavy atom. The molecule has 2 aliphatic carbocycles. The highest BCUT2D eigenvalue weighted by atomic mass is 79.9. The molecule has 0 aromatic carbocycles. The fraction of sp³-hybridized carbons (Fsp3) is 1.00. The van der Waals surface area contributed by atoms with Gasteiger partial charge in [-0.3, -0.25) is 0 Å². The summed E-state index contributed by atoms with van der Waals surface area (Å²) in [5, 5.41) is 0. The van der Waals surface area contributed by atoms with E-state index in [1.165, 1.54) is 32.1 Å². The predicted octanol–water partition coefficient (Wildman–Crippen LogP) is 4.62. The Balaban J connectivity index is 2.02. The quantitative estimate of drug-likeness (QED) is 0.557. The molecule has 0 aromatic rings. The second-order valence-corrected chi connectivity index (χ2v) is 7.87. The van der Waals surface area contributed by atoms with Crippen LogP contribution in [-0.4, -0.2) is 4.83 Å². The fourth-order valence-corrected chi connectivity index (χ4v) is 4.53. The van der Waals surface area contributed by atoms with Crippen molar-refractivity contribution in [3.05, 3.63) is 0 Å². The maximum Gasteiger partial charge on any atom is 0.0151 e. The van der Waals surface area contributed by atoms with E-state index in [2.05, 4.69) is 36.7 Å². The number of halogens is 1. The van der Waals surface area contributed by atoms with E-state index < -0.39 is 0 Å². The van der Waals surface area contributed by atoms with E-state index in [4.69, 9.17) is 0 Å². The molecule has 0 aromatic heterocycles. The van der Waals surface area contributed by atoms with Crippen LogP contribution in [0.5, 0.6) is 0 Å². The van der Waals surface area contributed by atoms with E-state index in [0.29, 0.717) is 5.41 Å². The molecule has 2 fully saturated rings. The molecule has 82 valence electrons. The lowest BCUT2D eigenvalue weighted by Gasteiger charge is -2.45. The van der Waals surface area contributed by atoms with Gasteiger partial charge in [0.05, 0.1) is 0 Å². The van der Waals surface area contributed by atoms with Crippen molar-refractivity contribution in [1.29, 1.82) is 0 Å². The van der Waals surface area contributed by atoms with E-state index in [0.717, 1.165) is 22.6 Å². The van der Waals surface area contributed by atoms with Crippen LogP contribution in [-0.2, 0) is 0 Å². The normalized spacial score (nSPS) is 43.7. The average molecular weight is 259 g/mol. The lowest BCUT2D eigenvalue weighted by Crippen LogP contribution is -2.36. The van der Waals surface area contributed by atoms with E-state index in [1.807, 2.05) is 0 Å². The van der Waals surface area contributed by atoms with Crippen molar-refractivity contribution in [2.45, 2.75) is 57.7 Å². The average Bonchev–Trinajstić information content (AvgIpc) is 1.99. The molecule has 0 heterocycles. The first kappa shape index (κ1) is 11.0. The first-order chi connectivity index (χ1) is 6.45. The van der Waals surface area contributed by atoms with Gasteiger partial charge in [-0.2, -0.15) is 0 Å². The summed E-state index contributed by atoms with van der Waals surface area (Å²) in [5.74, 6) is 3.03. The minimum Gasteiger partial charge on any atom is -0.0890 e. The van der Waals surface area contributed by atoms with Crippen LogP contribution in [0.25, 0.3) is 0 Å². The van der Waals surface area contributed by atoms with Gasteiger partial charge < -0.3 is 0 Å². The van der Waals surface area contributed by atoms with Crippen LogP contribution < -0.4 is 0 Å². The van der Waals surface area contributed by atoms with Gasteiger partial charge in [0, 0.05) is 4.83 Å². The molecule has 0 saturated heterocycles. The largest absolute Gasteiger partial charge is 0.0890 e. The van der Waals surface area contributed by atoms with Gasteiger partial charge in [0.2, 0.25) is 0 Å². The number of alkyl halides is 1. The molecule has 2 aliphatic rings. The standard InChI is InChI=1S/C13H23Br/c1-13(2,3)11-5-9-4-10(6-11)8-12(14)7-9/h9-12H,4-8H2,1-3H3. The third-order valence-corrected chi connectivity index (χ3v) is 5.05. The molecule has 2 saturated carbocycles. The molecule has 0 radical (unpaired) electrons. The van der Waals surface area contributed by atoms with Crippen LogP contribution in [0.2, 0.25) is 0 Å². The summed E-state index contributed by atoms with van der Waals surface area (Å²) in [6.07, 6.45) is 7.37. The van der Waals surface area contributed by atoms with Crippen molar-refractivity contribution < 1.29 is 0 Å². The van der Waals surface area contributed by atoms with Crippen molar-refractivity contribution >= 4 is 15.9 Å². The zero-order valence-electron chi connectivity index (χ0n) is 9.72. The topological polar surface area (TPSA) is 0 Å². The minimum absolute atomic E-state index is 0.538.